The van der Waals surface area contributed by atoms with Crippen LogP contribution in [0, 0.1) is 11.8 Å². The summed E-state index contributed by atoms with van der Waals surface area (Å²) >= 11 is 0. The Morgan fingerprint density at radius 2 is 1.88 bits per heavy atom. The van der Waals surface area contributed by atoms with E-state index >= 15 is 0 Å². The molecule has 1 atom stereocenters. The van der Waals surface area contributed by atoms with E-state index in [4.69, 9.17) is 10.5 Å². The zero-order valence-corrected chi connectivity index (χ0v) is 11.3. The first-order valence-corrected chi connectivity index (χ1v) is 6.54. The topological polar surface area (TPSA) is 35.2 Å². The number of benzene rings is 1. The van der Waals surface area contributed by atoms with Gasteiger partial charge in [0.2, 0.25) is 0 Å². The van der Waals surface area contributed by atoms with Crippen LogP contribution in [0.15, 0.2) is 24.3 Å². The molecule has 0 aliphatic heterocycles. The van der Waals surface area contributed by atoms with Crippen molar-refractivity contribution in [3.05, 3.63) is 29.8 Å². The van der Waals surface area contributed by atoms with E-state index in [2.05, 4.69) is 39.0 Å². The van der Waals surface area contributed by atoms with Crippen molar-refractivity contribution in [1.29, 1.82) is 0 Å². The highest BCUT2D eigenvalue weighted by atomic mass is 16.5. The average Bonchev–Trinajstić information content (AvgIpc) is 2.28. The lowest BCUT2D eigenvalue weighted by Crippen LogP contribution is -2.10. The van der Waals surface area contributed by atoms with Crippen LogP contribution in [0.2, 0.25) is 0 Å². The second-order valence-corrected chi connectivity index (χ2v) is 5.20. The Balaban J connectivity index is 2.63. The number of hydrogen-bond donors (Lipinski definition) is 1. The van der Waals surface area contributed by atoms with Gasteiger partial charge >= 0.3 is 0 Å². The van der Waals surface area contributed by atoms with E-state index in [-0.39, 0.29) is 0 Å². The van der Waals surface area contributed by atoms with Gasteiger partial charge in [-0.2, -0.15) is 0 Å². The number of para-hydroxylation sites is 1. The van der Waals surface area contributed by atoms with Gasteiger partial charge in [-0.25, -0.2) is 0 Å². The minimum atomic E-state index is 0.560. The molecule has 1 unspecified atom stereocenters. The second kappa shape index (κ2) is 7.33. The highest BCUT2D eigenvalue weighted by molar-refractivity contribution is 5.33. The molecule has 96 valence electrons. The normalized spacial score (nSPS) is 12.8. The van der Waals surface area contributed by atoms with E-state index in [1.54, 1.807) is 0 Å². The lowest BCUT2D eigenvalue weighted by atomic mass is 9.97. The molecule has 1 aromatic carbocycles. The summed E-state index contributed by atoms with van der Waals surface area (Å²) in [5.41, 5.74) is 6.89. The van der Waals surface area contributed by atoms with Gasteiger partial charge in [0.15, 0.2) is 0 Å². The van der Waals surface area contributed by atoms with Gasteiger partial charge in [-0.3, -0.25) is 0 Å². The molecule has 0 saturated carbocycles. The molecule has 2 N–H and O–H groups in total. The molecule has 2 nitrogen and oxygen atoms in total. The van der Waals surface area contributed by atoms with Crippen LogP contribution in [0.4, 0.5) is 0 Å². The highest BCUT2D eigenvalue weighted by Crippen LogP contribution is 2.22. The SMILES string of the molecule is CC(C)COc1ccccc1CC(C)CCN. The van der Waals surface area contributed by atoms with Crippen molar-refractivity contribution in [1.82, 2.24) is 0 Å². The largest absolute Gasteiger partial charge is 0.493 e. The monoisotopic (exact) mass is 235 g/mol. The van der Waals surface area contributed by atoms with Gasteiger partial charge < -0.3 is 10.5 Å². The van der Waals surface area contributed by atoms with Crippen LogP contribution in [0.3, 0.4) is 0 Å². The third kappa shape index (κ3) is 5.22. The molecule has 0 fully saturated rings. The number of ether oxygens (including phenoxy) is 1. The van der Waals surface area contributed by atoms with E-state index in [1.165, 1.54) is 5.56 Å². The fraction of sp³-hybridized carbons (Fsp3) is 0.600. The van der Waals surface area contributed by atoms with Gasteiger partial charge in [0.25, 0.3) is 0 Å². The van der Waals surface area contributed by atoms with Crippen LogP contribution in [0.1, 0.15) is 32.8 Å². The van der Waals surface area contributed by atoms with E-state index in [0.717, 1.165) is 31.7 Å². The number of rotatable bonds is 7. The van der Waals surface area contributed by atoms with E-state index in [1.807, 2.05) is 6.07 Å². The minimum Gasteiger partial charge on any atom is -0.493 e. The first kappa shape index (κ1) is 14.0. The maximum absolute atomic E-state index is 5.85. The minimum absolute atomic E-state index is 0.560. The van der Waals surface area contributed by atoms with Crippen molar-refractivity contribution >= 4 is 0 Å². The van der Waals surface area contributed by atoms with E-state index in [9.17, 15) is 0 Å². The first-order chi connectivity index (χ1) is 8.13. The maximum atomic E-state index is 5.85. The van der Waals surface area contributed by atoms with Crippen molar-refractivity contribution < 1.29 is 4.74 Å². The molecule has 0 radical (unpaired) electrons. The zero-order chi connectivity index (χ0) is 12.7. The van der Waals surface area contributed by atoms with Gasteiger partial charge in [0.1, 0.15) is 5.75 Å². The molecule has 1 aromatic rings. The Hall–Kier alpha value is -1.02. The summed E-state index contributed by atoms with van der Waals surface area (Å²) in [4.78, 5) is 0. The van der Waals surface area contributed by atoms with E-state index in [0.29, 0.717) is 11.8 Å². The van der Waals surface area contributed by atoms with Crippen molar-refractivity contribution in [3.63, 3.8) is 0 Å². The summed E-state index contributed by atoms with van der Waals surface area (Å²) in [6, 6.07) is 8.33. The molecule has 17 heavy (non-hydrogen) atoms. The first-order valence-electron chi connectivity index (χ1n) is 6.54. The highest BCUT2D eigenvalue weighted by Gasteiger charge is 2.08. The van der Waals surface area contributed by atoms with Crippen LogP contribution in [-0.2, 0) is 6.42 Å². The molecule has 2 heteroatoms. The fourth-order valence-electron chi connectivity index (χ4n) is 1.83. The summed E-state index contributed by atoms with van der Waals surface area (Å²) in [5, 5.41) is 0. The molecule has 0 amide bonds. The number of nitrogens with two attached hydrogens (primary N) is 1. The summed E-state index contributed by atoms with van der Waals surface area (Å²) < 4.78 is 5.85. The van der Waals surface area contributed by atoms with Gasteiger partial charge in [-0.05, 0) is 42.9 Å². The summed E-state index contributed by atoms with van der Waals surface area (Å²) in [5.74, 6) is 2.21. The quantitative estimate of drug-likeness (QED) is 0.787. The van der Waals surface area contributed by atoms with Crippen LogP contribution in [-0.4, -0.2) is 13.2 Å². The summed E-state index contributed by atoms with van der Waals surface area (Å²) in [6.45, 7) is 8.11. The lowest BCUT2D eigenvalue weighted by molar-refractivity contribution is 0.267. The molecule has 0 heterocycles. The van der Waals surface area contributed by atoms with Crippen LogP contribution < -0.4 is 10.5 Å². The van der Waals surface area contributed by atoms with Crippen LogP contribution >= 0.6 is 0 Å². The standard InChI is InChI=1S/C15H25NO/c1-12(2)11-17-15-7-5-4-6-14(15)10-13(3)8-9-16/h4-7,12-13H,8-11,16H2,1-3H3. The van der Waals surface area contributed by atoms with Gasteiger partial charge in [-0.15, -0.1) is 0 Å². The molecule has 1 rings (SSSR count). The van der Waals surface area contributed by atoms with Crippen molar-refractivity contribution in [2.75, 3.05) is 13.2 Å². The van der Waals surface area contributed by atoms with Crippen molar-refractivity contribution in [3.8, 4) is 5.75 Å². The van der Waals surface area contributed by atoms with E-state index < -0.39 is 0 Å². The van der Waals surface area contributed by atoms with Gasteiger partial charge in [0, 0.05) is 0 Å². The Bertz CT molecular complexity index is 322. The Morgan fingerprint density at radius 3 is 2.53 bits per heavy atom. The molecule has 0 spiro atoms. The average molecular weight is 235 g/mol. The maximum Gasteiger partial charge on any atom is 0.122 e. The predicted octanol–water partition coefficient (Wildman–Crippen LogP) is 3.25. The smallest absolute Gasteiger partial charge is 0.122 e. The summed E-state index contributed by atoms with van der Waals surface area (Å²) in [7, 11) is 0. The molecular weight excluding hydrogens is 210 g/mol. The third-order valence-electron chi connectivity index (χ3n) is 2.77. The molecule has 0 bridgehead atoms. The van der Waals surface area contributed by atoms with Crippen LogP contribution in [0.5, 0.6) is 5.75 Å². The number of hydrogen-bond acceptors (Lipinski definition) is 2. The van der Waals surface area contributed by atoms with Gasteiger partial charge in [0.05, 0.1) is 6.61 Å². The summed E-state index contributed by atoms with van der Waals surface area (Å²) in [6.07, 6.45) is 2.12. The van der Waals surface area contributed by atoms with Crippen molar-refractivity contribution in [2.24, 2.45) is 17.6 Å². The molecule has 0 aromatic heterocycles. The Kier molecular flexibility index (Phi) is 6.06. The predicted molar refractivity (Wildman–Crippen MR) is 73.3 cm³/mol. The Labute approximate surface area is 105 Å². The molecule has 0 aliphatic carbocycles. The Morgan fingerprint density at radius 1 is 1.18 bits per heavy atom. The van der Waals surface area contributed by atoms with Crippen LogP contribution in [0.25, 0.3) is 0 Å². The fourth-order valence-corrected chi connectivity index (χ4v) is 1.83. The van der Waals surface area contributed by atoms with Crippen molar-refractivity contribution in [2.45, 2.75) is 33.6 Å². The molecule has 0 saturated heterocycles. The zero-order valence-electron chi connectivity index (χ0n) is 11.3. The molecular formula is C15H25NO. The lowest BCUT2D eigenvalue weighted by Gasteiger charge is -2.15. The van der Waals surface area contributed by atoms with Gasteiger partial charge in [-0.1, -0.05) is 39.0 Å². The molecule has 0 aliphatic rings. The second-order valence-electron chi connectivity index (χ2n) is 5.20. The third-order valence-corrected chi connectivity index (χ3v) is 2.77.